The summed E-state index contributed by atoms with van der Waals surface area (Å²) in [5.41, 5.74) is 3.11. The maximum absolute atomic E-state index is 9.86. The summed E-state index contributed by atoms with van der Waals surface area (Å²) in [5, 5.41) is 9.86. The molecular formula is C14H24N2O2. The van der Waals surface area contributed by atoms with E-state index in [2.05, 4.69) is 12.3 Å². The van der Waals surface area contributed by atoms with Crippen molar-refractivity contribution >= 4 is 0 Å². The van der Waals surface area contributed by atoms with Crippen LogP contribution in [0.4, 0.5) is 0 Å². The van der Waals surface area contributed by atoms with Gasteiger partial charge in [-0.3, -0.25) is 4.68 Å². The molecule has 0 spiro atoms. The predicted octanol–water partition coefficient (Wildman–Crippen LogP) is 1.99. The van der Waals surface area contributed by atoms with Gasteiger partial charge in [0.15, 0.2) is 0 Å². The fourth-order valence-electron chi connectivity index (χ4n) is 2.47. The predicted molar refractivity (Wildman–Crippen MR) is 72.0 cm³/mol. The topological polar surface area (TPSA) is 46.4 Å². The summed E-state index contributed by atoms with van der Waals surface area (Å²) in [6.45, 7) is 3.17. The molecule has 1 aliphatic carbocycles. The minimum atomic E-state index is -0.457. The highest BCUT2D eigenvalue weighted by Gasteiger charge is 2.22. The van der Waals surface area contributed by atoms with Gasteiger partial charge in [0.1, 0.15) is 0 Å². The first-order valence-corrected chi connectivity index (χ1v) is 6.92. The number of nitrogens with one attached hydrogen (secondary N) is 1. The molecule has 1 heterocycles. The lowest BCUT2D eigenvalue weighted by atomic mass is 9.88. The van der Waals surface area contributed by atoms with Crippen LogP contribution in [0.2, 0.25) is 0 Å². The van der Waals surface area contributed by atoms with E-state index in [-0.39, 0.29) is 0 Å². The fraction of sp³-hybridized carbons (Fsp3) is 0.714. The van der Waals surface area contributed by atoms with Crippen LogP contribution in [0.5, 0.6) is 0 Å². The lowest BCUT2D eigenvalue weighted by molar-refractivity contribution is -0.0429. The Kier molecular flexibility index (Phi) is 5.08. The number of aromatic nitrogens is 1. The zero-order valence-corrected chi connectivity index (χ0v) is 11.1. The minimum absolute atomic E-state index is 0.333. The standard InChI is InChI=1S/C14H24N2O2/c1-12-6-2-3-7-14(12)18-11-13(17)10-15-16-8-4-5-9-16/h4-5,8-9,12-15,17H,2-3,6-7,10-11H2,1H3. The summed E-state index contributed by atoms with van der Waals surface area (Å²) < 4.78 is 7.67. The van der Waals surface area contributed by atoms with Gasteiger partial charge in [-0.2, -0.15) is 0 Å². The van der Waals surface area contributed by atoms with Gasteiger partial charge in [0.25, 0.3) is 0 Å². The molecule has 0 saturated heterocycles. The SMILES string of the molecule is CC1CCCCC1OCC(O)CNn1cccc1. The van der Waals surface area contributed by atoms with E-state index in [9.17, 15) is 5.11 Å². The normalized spacial score (nSPS) is 25.9. The Morgan fingerprint density at radius 1 is 1.33 bits per heavy atom. The van der Waals surface area contributed by atoms with Crippen LogP contribution in [-0.2, 0) is 4.74 Å². The quantitative estimate of drug-likeness (QED) is 0.814. The van der Waals surface area contributed by atoms with Crippen LogP contribution >= 0.6 is 0 Å². The Labute approximate surface area is 109 Å². The Morgan fingerprint density at radius 2 is 2.06 bits per heavy atom. The largest absolute Gasteiger partial charge is 0.389 e. The van der Waals surface area contributed by atoms with Crippen molar-refractivity contribution in [2.24, 2.45) is 5.92 Å². The molecule has 18 heavy (non-hydrogen) atoms. The molecule has 1 aliphatic rings. The van der Waals surface area contributed by atoms with Crippen LogP contribution in [0.3, 0.4) is 0 Å². The number of rotatable bonds is 6. The molecule has 3 unspecified atom stereocenters. The van der Waals surface area contributed by atoms with Gasteiger partial charge in [-0.05, 0) is 30.9 Å². The van der Waals surface area contributed by atoms with Crippen molar-refractivity contribution in [1.82, 2.24) is 4.68 Å². The summed E-state index contributed by atoms with van der Waals surface area (Å²) in [7, 11) is 0. The Morgan fingerprint density at radius 3 is 2.78 bits per heavy atom. The first-order valence-electron chi connectivity index (χ1n) is 6.92. The summed E-state index contributed by atoms with van der Waals surface area (Å²) in [6.07, 6.45) is 8.67. The fourth-order valence-corrected chi connectivity index (χ4v) is 2.47. The summed E-state index contributed by atoms with van der Waals surface area (Å²) in [6, 6.07) is 3.89. The zero-order chi connectivity index (χ0) is 12.8. The number of hydrogen-bond donors (Lipinski definition) is 2. The molecule has 4 heteroatoms. The van der Waals surface area contributed by atoms with Gasteiger partial charge < -0.3 is 15.3 Å². The summed E-state index contributed by atoms with van der Waals surface area (Å²) in [5.74, 6) is 0.628. The molecule has 4 nitrogen and oxygen atoms in total. The highest BCUT2D eigenvalue weighted by molar-refractivity contribution is 4.93. The van der Waals surface area contributed by atoms with Crippen molar-refractivity contribution in [1.29, 1.82) is 0 Å². The van der Waals surface area contributed by atoms with E-state index in [0.29, 0.717) is 25.2 Å². The van der Waals surface area contributed by atoms with Crippen molar-refractivity contribution in [2.75, 3.05) is 18.6 Å². The van der Waals surface area contributed by atoms with Gasteiger partial charge >= 0.3 is 0 Å². The van der Waals surface area contributed by atoms with Gasteiger partial charge in [0, 0.05) is 12.4 Å². The van der Waals surface area contributed by atoms with Crippen molar-refractivity contribution in [3.63, 3.8) is 0 Å². The smallest absolute Gasteiger partial charge is 0.0961 e. The van der Waals surface area contributed by atoms with E-state index in [0.717, 1.165) is 6.42 Å². The van der Waals surface area contributed by atoms with Gasteiger partial charge in [0.2, 0.25) is 0 Å². The van der Waals surface area contributed by atoms with Gasteiger partial charge in [-0.15, -0.1) is 0 Å². The summed E-state index contributed by atoms with van der Waals surface area (Å²) in [4.78, 5) is 0. The van der Waals surface area contributed by atoms with Crippen molar-refractivity contribution in [2.45, 2.75) is 44.8 Å². The number of aliphatic hydroxyl groups is 1. The lowest BCUT2D eigenvalue weighted by Gasteiger charge is -2.29. The summed E-state index contributed by atoms with van der Waals surface area (Å²) >= 11 is 0. The van der Waals surface area contributed by atoms with Crippen LogP contribution in [-0.4, -0.2) is 35.1 Å². The first-order chi connectivity index (χ1) is 8.75. The Balaban J connectivity index is 1.63. The van der Waals surface area contributed by atoms with E-state index in [4.69, 9.17) is 4.74 Å². The third-order valence-electron chi connectivity index (χ3n) is 3.65. The molecule has 1 saturated carbocycles. The molecule has 2 rings (SSSR count). The molecule has 1 aromatic heterocycles. The highest BCUT2D eigenvalue weighted by atomic mass is 16.5. The molecular weight excluding hydrogens is 228 g/mol. The van der Waals surface area contributed by atoms with Gasteiger partial charge in [-0.25, -0.2) is 0 Å². The van der Waals surface area contributed by atoms with E-state index in [1.54, 1.807) is 0 Å². The molecule has 0 aliphatic heterocycles. The van der Waals surface area contributed by atoms with Crippen LogP contribution in [0.15, 0.2) is 24.5 Å². The van der Waals surface area contributed by atoms with E-state index in [1.165, 1.54) is 19.3 Å². The number of ether oxygens (including phenoxy) is 1. The first kappa shape index (κ1) is 13.4. The molecule has 102 valence electrons. The van der Waals surface area contributed by atoms with Crippen molar-refractivity contribution < 1.29 is 9.84 Å². The molecule has 0 bridgehead atoms. The molecule has 2 N–H and O–H groups in total. The number of nitrogens with zero attached hydrogens (tertiary/aromatic N) is 1. The van der Waals surface area contributed by atoms with Crippen LogP contribution in [0.1, 0.15) is 32.6 Å². The minimum Gasteiger partial charge on any atom is -0.389 e. The average molecular weight is 252 g/mol. The molecule has 0 amide bonds. The third-order valence-corrected chi connectivity index (χ3v) is 3.65. The zero-order valence-electron chi connectivity index (χ0n) is 11.1. The van der Waals surface area contributed by atoms with E-state index in [1.807, 2.05) is 29.2 Å². The molecule has 0 radical (unpaired) electrons. The lowest BCUT2D eigenvalue weighted by Crippen LogP contribution is -2.33. The van der Waals surface area contributed by atoms with Crippen molar-refractivity contribution in [3.05, 3.63) is 24.5 Å². The number of hydrogen-bond acceptors (Lipinski definition) is 3. The average Bonchev–Trinajstić information content (AvgIpc) is 2.88. The second-order valence-corrected chi connectivity index (χ2v) is 5.24. The van der Waals surface area contributed by atoms with Gasteiger partial charge in [0.05, 0.1) is 25.4 Å². The molecule has 1 fully saturated rings. The monoisotopic (exact) mass is 252 g/mol. The van der Waals surface area contributed by atoms with Gasteiger partial charge in [-0.1, -0.05) is 19.8 Å². The van der Waals surface area contributed by atoms with Crippen molar-refractivity contribution in [3.8, 4) is 0 Å². The molecule has 1 aromatic rings. The van der Waals surface area contributed by atoms with Crippen LogP contribution < -0.4 is 5.43 Å². The second-order valence-electron chi connectivity index (χ2n) is 5.24. The second kappa shape index (κ2) is 6.81. The number of aliphatic hydroxyl groups excluding tert-OH is 1. The third kappa shape index (κ3) is 4.03. The Hall–Kier alpha value is -1.00. The molecule has 0 aromatic carbocycles. The maximum Gasteiger partial charge on any atom is 0.0961 e. The van der Waals surface area contributed by atoms with E-state index >= 15 is 0 Å². The molecule has 3 atom stereocenters. The Bertz CT molecular complexity index is 327. The van der Waals surface area contributed by atoms with Crippen LogP contribution in [0.25, 0.3) is 0 Å². The highest BCUT2D eigenvalue weighted by Crippen LogP contribution is 2.26. The van der Waals surface area contributed by atoms with Crippen LogP contribution in [0, 0.1) is 5.92 Å². The van der Waals surface area contributed by atoms with E-state index < -0.39 is 6.10 Å². The maximum atomic E-state index is 9.86.